The smallest absolute Gasteiger partial charge is 0.112 e. The summed E-state index contributed by atoms with van der Waals surface area (Å²) in [6.45, 7) is 10.7. The topological polar surface area (TPSA) is 26.7 Å². The fraction of sp³-hybridized carbons (Fsp3) is 0.700. The van der Waals surface area contributed by atoms with Crippen molar-refractivity contribution < 1.29 is 5.11 Å². The highest BCUT2D eigenvalue weighted by Crippen LogP contribution is 2.44. The zero-order valence-electron chi connectivity index (χ0n) is 15.0. The highest BCUT2D eigenvalue weighted by Gasteiger charge is 2.42. The summed E-state index contributed by atoms with van der Waals surface area (Å²) in [5.41, 5.74) is 2.89. The van der Waals surface area contributed by atoms with E-state index < -0.39 is 0 Å². The molecule has 1 atom stereocenters. The van der Waals surface area contributed by atoms with Crippen LogP contribution in [-0.2, 0) is 6.42 Å². The van der Waals surface area contributed by atoms with Crippen LogP contribution in [0.4, 0.5) is 5.69 Å². The predicted molar refractivity (Wildman–Crippen MR) is 96.7 cm³/mol. The molecule has 2 fully saturated rings. The Hall–Kier alpha value is -1.06. The van der Waals surface area contributed by atoms with E-state index in [0.717, 1.165) is 32.6 Å². The van der Waals surface area contributed by atoms with Gasteiger partial charge < -0.3 is 10.0 Å². The summed E-state index contributed by atoms with van der Waals surface area (Å²) in [4.78, 5) is 4.73. The number of aliphatic hydroxyl groups is 1. The first-order chi connectivity index (χ1) is 11.0. The highest BCUT2D eigenvalue weighted by molar-refractivity contribution is 5.48. The van der Waals surface area contributed by atoms with Gasteiger partial charge in [0.2, 0.25) is 0 Å². The van der Waals surface area contributed by atoms with Gasteiger partial charge in [-0.3, -0.25) is 4.90 Å². The van der Waals surface area contributed by atoms with E-state index in [4.69, 9.17) is 0 Å². The number of benzene rings is 1. The summed E-state index contributed by atoms with van der Waals surface area (Å²) in [5.74, 6) is 0.707. The van der Waals surface area contributed by atoms with Gasteiger partial charge in [-0.25, -0.2) is 0 Å². The number of piperazine rings is 1. The van der Waals surface area contributed by atoms with E-state index >= 15 is 0 Å². The summed E-state index contributed by atoms with van der Waals surface area (Å²) in [7, 11) is 0. The zero-order valence-corrected chi connectivity index (χ0v) is 15.0. The first-order valence-corrected chi connectivity index (χ1v) is 9.24. The molecular weight excluding hydrogens is 284 g/mol. The molecule has 0 spiro atoms. The molecule has 0 radical (unpaired) electrons. The van der Waals surface area contributed by atoms with Gasteiger partial charge in [-0.1, -0.05) is 39.3 Å². The molecule has 0 amide bonds. The van der Waals surface area contributed by atoms with Crippen molar-refractivity contribution in [3.8, 4) is 0 Å². The van der Waals surface area contributed by atoms with Crippen LogP contribution in [0.3, 0.4) is 0 Å². The van der Waals surface area contributed by atoms with Crippen molar-refractivity contribution in [2.24, 2.45) is 11.3 Å². The lowest BCUT2D eigenvalue weighted by atomic mass is 9.68. The fourth-order valence-corrected chi connectivity index (χ4v) is 3.97. The molecular formula is C20H32N2O. The van der Waals surface area contributed by atoms with Crippen LogP contribution < -0.4 is 4.90 Å². The van der Waals surface area contributed by atoms with Crippen molar-refractivity contribution in [3.63, 3.8) is 0 Å². The van der Waals surface area contributed by atoms with Crippen molar-refractivity contribution >= 4 is 5.69 Å². The molecule has 3 heteroatoms. The normalized spacial score (nSPS) is 22.9. The summed E-state index contributed by atoms with van der Waals surface area (Å²) < 4.78 is 0. The molecule has 1 aliphatic carbocycles. The lowest BCUT2D eigenvalue weighted by Gasteiger charge is -2.49. The quantitative estimate of drug-likeness (QED) is 0.900. The molecule has 1 aliphatic heterocycles. The van der Waals surface area contributed by atoms with E-state index in [0.29, 0.717) is 5.92 Å². The Bertz CT molecular complexity index is 499. The van der Waals surface area contributed by atoms with E-state index in [-0.39, 0.29) is 11.6 Å². The highest BCUT2D eigenvalue weighted by atomic mass is 16.3. The van der Waals surface area contributed by atoms with E-state index in [2.05, 4.69) is 54.8 Å². The number of rotatable bonds is 5. The van der Waals surface area contributed by atoms with Gasteiger partial charge in [-0.05, 0) is 42.9 Å². The van der Waals surface area contributed by atoms with Crippen molar-refractivity contribution in [2.75, 3.05) is 31.1 Å². The Kier molecular flexibility index (Phi) is 4.98. The number of nitrogens with zero attached hydrogens (tertiary/aromatic N) is 2. The maximum absolute atomic E-state index is 10.6. The summed E-state index contributed by atoms with van der Waals surface area (Å²) in [6.07, 6.45) is 4.51. The second-order valence-corrected chi connectivity index (χ2v) is 8.17. The van der Waals surface area contributed by atoms with Crippen LogP contribution in [0, 0.1) is 11.3 Å². The van der Waals surface area contributed by atoms with Gasteiger partial charge in [0.15, 0.2) is 0 Å². The van der Waals surface area contributed by atoms with Crippen molar-refractivity contribution in [3.05, 3.63) is 29.8 Å². The summed E-state index contributed by atoms with van der Waals surface area (Å²) >= 11 is 0. The third-order valence-corrected chi connectivity index (χ3v) is 5.72. The van der Waals surface area contributed by atoms with Gasteiger partial charge in [-0.2, -0.15) is 0 Å². The largest absolute Gasteiger partial charge is 0.378 e. The lowest BCUT2D eigenvalue weighted by molar-refractivity contribution is -0.120. The molecule has 1 unspecified atom stereocenters. The van der Waals surface area contributed by atoms with Gasteiger partial charge in [0, 0.05) is 37.3 Å². The molecule has 128 valence electrons. The number of anilines is 1. The molecule has 0 bridgehead atoms. The van der Waals surface area contributed by atoms with Gasteiger partial charge in [0.25, 0.3) is 0 Å². The molecule has 3 rings (SSSR count). The second-order valence-electron chi connectivity index (χ2n) is 8.17. The number of hydrogen-bond acceptors (Lipinski definition) is 3. The standard InChI is InChI=1S/C20H32N2O/c1-16(2)15-17-5-7-18(8-6-17)21-11-13-22(14-12-21)19(23)20(3)9-4-10-20/h5-8,16,19,23H,4,9-15H2,1-3H3. The molecule has 1 saturated carbocycles. The summed E-state index contributed by atoms with van der Waals surface area (Å²) in [6, 6.07) is 9.06. The lowest BCUT2D eigenvalue weighted by Crippen LogP contribution is -2.56. The fourth-order valence-electron chi connectivity index (χ4n) is 3.97. The number of hydrogen-bond donors (Lipinski definition) is 1. The molecule has 0 aromatic heterocycles. The average Bonchev–Trinajstić information content (AvgIpc) is 2.52. The Morgan fingerprint density at radius 3 is 2.13 bits per heavy atom. The molecule has 3 nitrogen and oxygen atoms in total. The maximum Gasteiger partial charge on any atom is 0.112 e. The molecule has 2 aliphatic rings. The molecule has 23 heavy (non-hydrogen) atoms. The van der Waals surface area contributed by atoms with E-state index in [1.54, 1.807) is 0 Å². The second kappa shape index (κ2) is 6.82. The minimum atomic E-state index is -0.258. The van der Waals surface area contributed by atoms with Crippen molar-refractivity contribution in [1.29, 1.82) is 0 Å². The van der Waals surface area contributed by atoms with E-state index in [1.807, 2.05) is 0 Å². The van der Waals surface area contributed by atoms with Crippen molar-refractivity contribution in [2.45, 2.75) is 52.7 Å². The van der Waals surface area contributed by atoms with Gasteiger partial charge in [0.05, 0.1) is 0 Å². The van der Waals surface area contributed by atoms with Crippen LogP contribution in [0.25, 0.3) is 0 Å². The van der Waals surface area contributed by atoms with Gasteiger partial charge in [0.1, 0.15) is 6.23 Å². The van der Waals surface area contributed by atoms with Crippen LogP contribution in [0.5, 0.6) is 0 Å². The monoisotopic (exact) mass is 316 g/mol. The van der Waals surface area contributed by atoms with Gasteiger partial charge >= 0.3 is 0 Å². The van der Waals surface area contributed by atoms with Crippen molar-refractivity contribution in [1.82, 2.24) is 4.90 Å². The Labute approximate surface area is 141 Å². The SMILES string of the molecule is CC(C)Cc1ccc(N2CCN(C(O)C3(C)CCC3)CC2)cc1. The molecule has 1 aromatic rings. The van der Waals surface area contributed by atoms with Crippen LogP contribution >= 0.6 is 0 Å². The molecule has 1 heterocycles. The van der Waals surface area contributed by atoms with Crippen LogP contribution in [-0.4, -0.2) is 42.4 Å². The first kappa shape index (κ1) is 16.8. The zero-order chi connectivity index (χ0) is 16.4. The maximum atomic E-state index is 10.6. The van der Waals surface area contributed by atoms with Crippen LogP contribution in [0.15, 0.2) is 24.3 Å². The molecule has 1 aromatic carbocycles. The van der Waals surface area contributed by atoms with Crippen LogP contribution in [0.2, 0.25) is 0 Å². The summed E-state index contributed by atoms with van der Waals surface area (Å²) in [5, 5.41) is 10.6. The van der Waals surface area contributed by atoms with E-state index in [1.165, 1.54) is 30.5 Å². The average molecular weight is 316 g/mol. The number of aliphatic hydroxyl groups excluding tert-OH is 1. The molecule has 1 saturated heterocycles. The minimum Gasteiger partial charge on any atom is -0.378 e. The van der Waals surface area contributed by atoms with Gasteiger partial charge in [-0.15, -0.1) is 0 Å². The Morgan fingerprint density at radius 1 is 1.04 bits per heavy atom. The molecule has 1 N–H and O–H groups in total. The third kappa shape index (κ3) is 3.72. The third-order valence-electron chi connectivity index (χ3n) is 5.72. The van der Waals surface area contributed by atoms with Crippen LogP contribution in [0.1, 0.15) is 45.6 Å². The van der Waals surface area contributed by atoms with E-state index in [9.17, 15) is 5.11 Å². The predicted octanol–water partition coefficient (Wildman–Crippen LogP) is 3.52. The Morgan fingerprint density at radius 2 is 1.65 bits per heavy atom. The minimum absolute atomic E-state index is 0.140. The first-order valence-electron chi connectivity index (χ1n) is 9.24. The Balaban J connectivity index is 1.54.